The van der Waals surface area contributed by atoms with Gasteiger partial charge in [0.1, 0.15) is 35.7 Å². The second kappa shape index (κ2) is 10.3. The van der Waals surface area contributed by atoms with Crippen LogP contribution in [0.5, 0.6) is 23.0 Å². The molecule has 2 heterocycles. The van der Waals surface area contributed by atoms with E-state index in [1.165, 1.54) is 19.4 Å². The fourth-order valence-electron chi connectivity index (χ4n) is 5.34. The quantitative estimate of drug-likeness (QED) is 0.392. The van der Waals surface area contributed by atoms with Gasteiger partial charge in [-0.2, -0.15) is 0 Å². The Balaban J connectivity index is 1.37. The summed E-state index contributed by atoms with van der Waals surface area (Å²) in [6, 6.07) is 20.9. The Morgan fingerprint density at radius 3 is 2.42 bits per heavy atom. The average Bonchev–Trinajstić information content (AvgIpc) is 3.38. The first-order valence-electron chi connectivity index (χ1n) is 12.9. The topological polar surface area (TPSA) is 62.2 Å². The van der Waals surface area contributed by atoms with Gasteiger partial charge < -0.3 is 19.7 Å². The van der Waals surface area contributed by atoms with Crippen LogP contribution in [0.2, 0.25) is 0 Å². The monoisotopic (exact) mass is 485 g/mol. The molecule has 0 spiro atoms. The third-order valence-corrected chi connectivity index (χ3v) is 7.65. The minimum Gasteiger partial charge on any atom is -0.508 e. The van der Waals surface area contributed by atoms with Gasteiger partial charge in [0.15, 0.2) is 0 Å². The second-order valence-electron chi connectivity index (χ2n) is 10.1. The highest BCUT2D eigenvalue weighted by Crippen LogP contribution is 2.47. The third-order valence-electron chi connectivity index (χ3n) is 7.65. The number of ether oxygens (including phenoxy) is 2. The molecule has 0 aromatic heterocycles. The van der Waals surface area contributed by atoms with Crippen LogP contribution in [0.3, 0.4) is 0 Å². The van der Waals surface area contributed by atoms with Crippen LogP contribution in [0.1, 0.15) is 56.4 Å². The maximum absolute atomic E-state index is 10.1. The van der Waals surface area contributed by atoms with E-state index >= 15 is 0 Å². The lowest BCUT2D eigenvalue weighted by atomic mass is 9.86. The summed E-state index contributed by atoms with van der Waals surface area (Å²) < 4.78 is 12.6. The van der Waals surface area contributed by atoms with Crippen molar-refractivity contribution < 1.29 is 19.7 Å². The lowest BCUT2D eigenvalue weighted by molar-refractivity contribution is 0.168. The summed E-state index contributed by atoms with van der Waals surface area (Å²) in [6.07, 6.45) is 2.21. The first-order chi connectivity index (χ1) is 17.4. The van der Waals surface area contributed by atoms with Crippen molar-refractivity contribution in [2.75, 3.05) is 19.7 Å². The van der Waals surface area contributed by atoms with Crippen molar-refractivity contribution in [3.05, 3.63) is 83.4 Å². The highest BCUT2D eigenvalue weighted by atomic mass is 16.5. The molecule has 3 aromatic rings. The normalized spacial score (nSPS) is 20.6. The Kier molecular flexibility index (Phi) is 6.92. The number of hydrogen-bond donors (Lipinski definition) is 2. The van der Waals surface area contributed by atoms with Gasteiger partial charge in [0, 0.05) is 23.7 Å². The maximum Gasteiger partial charge on any atom is 0.150 e. The summed E-state index contributed by atoms with van der Waals surface area (Å²) in [5, 5.41) is 19.9. The van der Waals surface area contributed by atoms with Crippen molar-refractivity contribution in [2.24, 2.45) is 5.92 Å². The van der Waals surface area contributed by atoms with E-state index in [1.54, 1.807) is 24.3 Å². The molecule has 3 atom stereocenters. The summed E-state index contributed by atoms with van der Waals surface area (Å²) >= 11 is 0. The number of hydrogen-bond acceptors (Lipinski definition) is 5. The SMILES string of the molecule is CC[C@@H]1CCN([C@@H](C)COc2ccc(C3Oc4ccc(O)cc4C(C)=C3c3ccc(O)cc3)cc2)C1. The first kappa shape index (κ1) is 24.3. The molecule has 1 saturated heterocycles. The van der Waals surface area contributed by atoms with Gasteiger partial charge in [0.2, 0.25) is 0 Å². The summed E-state index contributed by atoms with van der Waals surface area (Å²) in [5.41, 5.74) is 4.90. The van der Waals surface area contributed by atoms with E-state index in [0.29, 0.717) is 12.6 Å². The summed E-state index contributed by atoms with van der Waals surface area (Å²) in [4.78, 5) is 2.53. The van der Waals surface area contributed by atoms with Crippen molar-refractivity contribution in [1.82, 2.24) is 4.90 Å². The lowest BCUT2D eigenvalue weighted by Crippen LogP contribution is -2.35. The molecule has 188 valence electrons. The van der Waals surface area contributed by atoms with Crippen LogP contribution < -0.4 is 9.47 Å². The van der Waals surface area contributed by atoms with Crippen LogP contribution in [-0.4, -0.2) is 40.9 Å². The number of nitrogens with zero attached hydrogens (tertiary/aromatic N) is 1. The molecule has 0 amide bonds. The van der Waals surface area contributed by atoms with Crippen LogP contribution in [0.25, 0.3) is 11.1 Å². The Bertz CT molecular complexity index is 1230. The third kappa shape index (κ3) is 4.93. The van der Waals surface area contributed by atoms with Crippen LogP contribution >= 0.6 is 0 Å². The van der Waals surface area contributed by atoms with E-state index in [2.05, 4.69) is 37.8 Å². The van der Waals surface area contributed by atoms with Crippen LogP contribution in [-0.2, 0) is 0 Å². The van der Waals surface area contributed by atoms with Crippen LogP contribution in [0.15, 0.2) is 66.7 Å². The minimum atomic E-state index is -0.324. The lowest BCUT2D eigenvalue weighted by Gasteiger charge is -2.31. The zero-order valence-corrected chi connectivity index (χ0v) is 21.3. The predicted molar refractivity (Wildman–Crippen MR) is 143 cm³/mol. The second-order valence-corrected chi connectivity index (χ2v) is 10.1. The van der Waals surface area contributed by atoms with E-state index in [1.807, 2.05) is 30.3 Å². The number of rotatable bonds is 7. The van der Waals surface area contributed by atoms with E-state index in [-0.39, 0.29) is 17.6 Å². The number of aromatic hydroxyl groups is 2. The Morgan fingerprint density at radius 1 is 1.00 bits per heavy atom. The highest BCUT2D eigenvalue weighted by molar-refractivity contribution is 5.95. The van der Waals surface area contributed by atoms with Crippen molar-refractivity contribution >= 4 is 11.1 Å². The van der Waals surface area contributed by atoms with Crippen molar-refractivity contribution in [3.63, 3.8) is 0 Å². The largest absolute Gasteiger partial charge is 0.508 e. The van der Waals surface area contributed by atoms with Gasteiger partial charge in [-0.05, 0) is 91.9 Å². The molecular weight excluding hydrogens is 450 g/mol. The van der Waals surface area contributed by atoms with Gasteiger partial charge in [-0.3, -0.25) is 4.90 Å². The molecule has 5 heteroatoms. The Hall–Kier alpha value is -3.44. The van der Waals surface area contributed by atoms with E-state index < -0.39 is 0 Å². The van der Waals surface area contributed by atoms with Gasteiger partial charge in [-0.25, -0.2) is 0 Å². The summed E-state index contributed by atoms with van der Waals surface area (Å²) in [5.74, 6) is 2.83. The highest BCUT2D eigenvalue weighted by Gasteiger charge is 2.30. The summed E-state index contributed by atoms with van der Waals surface area (Å²) in [6.45, 7) is 9.57. The Labute approximate surface area is 213 Å². The molecule has 1 fully saturated rings. The minimum absolute atomic E-state index is 0.204. The number of likely N-dealkylation sites (tertiary alicyclic amines) is 1. The number of phenols is 2. The smallest absolute Gasteiger partial charge is 0.150 e. The first-order valence-corrected chi connectivity index (χ1v) is 12.9. The van der Waals surface area contributed by atoms with Crippen molar-refractivity contribution in [3.8, 4) is 23.0 Å². The standard InChI is InChI=1S/C31H35NO4/c1-4-22-15-16-32(18-22)20(2)19-35-27-12-7-24(8-13-27)31-30(23-5-9-25(33)10-6-23)21(3)28-17-26(34)11-14-29(28)36-31/h5-14,17,20,22,31,33-34H,4,15-16,18-19H2,1-3H3/t20-,22+,31?/m0/s1. The molecule has 2 aliphatic rings. The van der Waals surface area contributed by atoms with Crippen molar-refractivity contribution in [2.45, 2.75) is 45.8 Å². The molecule has 36 heavy (non-hydrogen) atoms. The maximum atomic E-state index is 10.1. The molecule has 1 unspecified atom stereocenters. The molecule has 0 bridgehead atoms. The van der Waals surface area contributed by atoms with E-state index in [4.69, 9.17) is 9.47 Å². The molecular formula is C31H35NO4. The van der Waals surface area contributed by atoms with E-state index in [9.17, 15) is 10.2 Å². The predicted octanol–water partition coefficient (Wildman–Crippen LogP) is 6.66. The van der Waals surface area contributed by atoms with Gasteiger partial charge in [-0.15, -0.1) is 0 Å². The number of allylic oxidation sites excluding steroid dienone is 1. The molecule has 3 aromatic carbocycles. The van der Waals surface area contributed by atoms with Gasteiger partial charge in [-0.1, -0.05) is 37.6 Å². The number of fused-ring (bicyclic) bond motifs is 1. The molecule has 0 aliphatic carbocycles. The van der Waals surface area contributed by atoms with Crippen molar-refractivity contribution in [1.29, 1.82) is 0 Å². The Morgan fingerprint density at radius 2 is 1.72 bits per heavy atom. The molecule has 5 rings (SSSR count). The van der Waals surface area contributed by atoms with E-state index in [0.717, 1.165) is 51.8 Å². The summed E-state index contributed by atoms with van der Waals surface area (Å²) in [7, 11) is 0. The zero-order chi connectivity index (χ0) is 25.2. The number of phenolic OH excluding ortho intramolecular Hbond substituents is 2. The fourth-order valence-corrected chi connectivity index (χ4v) is 5.34. The van der Waals surface area contributed by atoms with Gasteiger partial charge in [0.05, 0.1) is 0 Å². The number of benzene rings is 3. The van der Waals surface area contributed by atoms with Gasteiger partial charge in [0.25, 0.3) is 0 Å². The molecule has 2 N–H and O–H groups in total. The molecule has 0 saturated carbocycles. The fraction of sp³-hybridized carbons (Fsp3) is 0.355. The zero-order valence-electron chi connectivity index (χ0n) is 21.3. The molecule has 0 radical (unpaired) electrons. The van der Waals surface area contributed by atoms with Gasteiger partial charge >= 0.3 is 0 Å². The van der Waals surface area contributed by atoms with Crippen LogP contribution in [0.4, 0.5) is 0 Å². The van der Waals surface area contributed by atoms with Crippen LogP contribution in [0, 0.1) is 5.92 Å². The average molecular weight is 486 g/mol. The molecule has 2 aliphatic heterocycles. The molecule has 5 nitrogen and oxygen atoms in total.